The Balaban J connectivity index is 1.55. The van der Waals surface area contributed by atoms with Crippen molar-refractivity contribution in [1.82, 2.24) is 24.9 Å². The Morgan fingerprint density at radius 3 is 2.44 bits per heavy atom. The van der Waals surface area contributed by atoms with E-state index in [1.165, 1.54) is 29.2 Å². The van der Waals surface area contributed by atoms with Crippen LogP contribution in [-0.2, 0) is 6.54 Å². The van der Waals surface area contributed by atoms with Crippen molar-refractivity contribution in [3.05, 3.63) is 76.5 Å². The van der Waals surface area contributed by atoms with E-state index in [0.717, 1.165) is 11.1 Å². The van der Waals surface area contributed by atoms with E-state index in [-0.39, 0.29) is 12.1 Å². The summed E-state index contributed by atoms with van der Waals surface area (Å²) in [5, 5.41) is 8.40. The summed E-state index contributed by atoms with van der Waals surface area (Å²) in [5.74, 6) is 0.475. The van der Waals surface area contributed by atoms with Crippen molar-refractivity contribution >= 4 is 0 Å². The Labute approximate surface area is 179 Å². The molecule has 11 heteroatoms. The van der Waals surface area contributed by atoms with Crippen LogP contribution in [-0.4, -0.2) is 37.7 Å². The number of nitrogens with zero attached hydrogens (tertiary/aromatic N) is 5. The third kappa shape index (κ3) is 4.82. The van der Waals surface area contributed by atoms with E-state index in [9.17, 15) is 18.0 Å². The molecular formula is C21H16F3N5O3. The van der Waals surface area contributed by atoms with Crippen LogP contribution in [0, 0.1) is 6.92 Å². The average molecular weight is 443 g/mol. The van der Waals surface area contributed by atoms with Crippen molar-refractivity contribution in [3.8, 4) is 28.5 Å². The lowest BCUT2D eigenvalue weighted by Gasteiger charge is -2.08. The van der Waals surface area contributed by atoms with Crippen LogP contribution in [0.4, 0.5) is 13.2 Å². The number of hydrogen-bond acceptors (Lipinski definition) is 7. The summed E-state index contributed by atoms with van der Waals surface area (Å²) in [5.41, 5.74) is 2.73. The molecule has 0 fully saturated rings. The van der Waals surface area contributed by atoms with Crippen LogP contribution in [0.2, 0.25) is 0 Å². The lowest BCUT2D eigenvalue weighted by molar-refractivity contribution is -0.154. The molecule has 4 aromatic rings. The van der Waals surface area contributed by atoms with Gasteiger partial charge < -0.3 is 9.26 Å². The fraction of sp³-hybridized carbons (Fsp3) is 0.190. The zero-order valence-electron chi connectivity index (χ0n) is 16.7. The second-order valence-corrected chi connectivity index (χ2v) is 6.82. The molecule has 0 spiro atoms. The maximum atomic E-state index is 12.3. The summed E-state index contributed by atoms with van der Waals surface area (Å²) in [4.78, 5) is 19.8. The fourth-order valence-corrected chi connectivity index (χ4v) is 2.90. The van der Waals surface area contributed by atoms with Crippen molar-refractivity contribution in [2.24, 2.45) is 0 Å². The van der Waals surface area contributed by atoms with Crippen molar-refractivity contribution in [2.45, 2.75) is 19.6 Å². The predicted octanol–water partition coefficient (Wildman–Crippen LogP) is 3.65. The molecule has 8 nitrogen and oxygen atoms in total. The smallest absolute Gasteiger partial charge is 0.422 e. The van der Waals surface area contributed by atoms with Gasteiger partial charge in [-0.05, 0) is 13.0 Å². The molecule has 0 amide bonds. The van der Waals surface area contributed by atoms with Crippen molar-refractivity contribution in [1.29, 1.82) is 0 Å². The summed E-state index contributed by atoms with van der Waals surface area (Å²) < 4.78 is 47.8. The predicted molar refractivity (Wildman–Crippen MR) is 107 cm³/mol. The highest BCUT2D eigenvalue weighted by molar-refractivity contribution is 5.62. The minimum absolute atomic E-state index is 0.0476. The van der Waals surface area contributed by atoms with Gasteiger partial charge in [0.15, 0.2) is 12.4 Å². The first-order valence-corrected chi connectivity index (χ1v) is 9.41. The molecule has 32 heavy (non-hydrogen) atoms. The first-order valence-electron chi connectivity index (χ1n) is 9.41. The molecule has 0 unspecified atom stereocenters. The summed E-state index contributed by atoms with van der Waals surface area (Å²) in [7, 11) is 0. The van der Waals surface area contributed by atoms with Crippen molar-refractivity contribution in [3.63, 3.8) is 0 Å². The van der Waals surface area contributed by atoms with Crippen LogP contribution in [0.3, 0.4) is 0 Å². The standard InChI is InChI=1S/C21H16F3N5O3/c1-13-17(32-28-19(13)14-5-3-2-4-6-14)11-29-18(30)8-7-16(27-29)15-9-25-20(26-10-15)31-12-21(22,23)24/h2-10H,11-12H2,1H3. The molecule has 0 saturated carbocycles. The van der Waals surface area contributed by atoms with E-state index in [1.807, 2.05) is 37.3 Å². The zero-order chi connectivity index (χ0) is 22.7. The second kappa shape index (κ2) is 8.61. The molecule has 4 rings (SSSR count). The third-order valence-corrected chi connectivity index (χ3v) is 4.52. The molecule has 0 bridgehead atoms. The van der Waals surface area contributed by atoms with E-state index in [4.69, 9.17) is 4.52 Å². The number of benzene rings is 1. The fourth-order valence-electron chi connectivity index (χ4n) is 2.90. The molecule has 3 aromatic heterocycles. The maximum Gasteiger partial charge on any atom is 0.422 e. The summed E-state index contributed by atoms with van der Waals surface area (Å²) in [6, 6.07) is 11.9. The van der Waals surface area contributed by atoms with Gasteiger partial charge in [0.1, 0.15) is 12.2 Å². The number of halogens is 3. The van der Waals surface area contributed by atoms with Gasteiger partial charge in [0.05, 0.1) is 5.69 Å². The van der Waals surface area contributed by atoms with E-state index in [2.05, 4.69) is 25.0 Å². The molecule has 0 aliphatic carbocycles. The molecular weight excluding hydrogens is 427 g/mol. The molecule has 0 radical (unpaired) electrons. The van der Waals surface area contributed by atoms with E-state index in [0.29, 0.717) is 22.7 Å². The SMILES string of the molecule is Cc1c(-c2ccccc2)noc1Cn1nc(-c2cnc(OCC(F)(F)F)nc2)ccc1=O. The number of alkyl halides is 3. The van der Waals surface area contributed by atoms with Gasteiger partial charge in [0.25, 0.3) is 5.56 Å². The molecule has 0 aliphatic rings. The Morgan fingerprint density at radius 1 is 1.03 bits per heavy atom. The molecule has 3 heterocycles. The molecule has 0 saturated heterocycles. The van der Waals surface area contributed by atoms with Gasteiger partial charge in [0, 0.05) is 35.2 Å². The first kappa shape index (κ1) is 21.2. The van der Waals surface area contributed by atoms with Crippen LogP contribution >= 0.6 is 0 Å². The van der Waals surface area contributed by atoms with Crippen LogP contribution < -0.4 is 10.3 Å². The van der Waals surface area contributed by atoms with E-state index in [1.54, 1.807) is 0 Å². The Bertz CT molecular complexity index is 1270. The first-order chi connectivity index (χ1) is 15.3. The topological polar surface area (TPSA) is 95.9 Å². The number of hydrogen-bond donors (Lipinski definition) is 0. The van der Waals surface area contributed by atoms with Gasteiger partial charge in [-0.2, -0.15) is 18.3 Å². The lowest BCUT2D eigenvalue weighted by Crippen LogP contribution is -2.23. The Hall–Kier alpha value is -4.02. The summed E-state index contributed by atoms with van der Waals surface area (Å²) in [6.45, 7) is 0.402. The van der Waals surface area contributed by atoms with Gasteiger partial charge in [-0.1, -0.05) is 35.5 Å². The van der Waals surface area contributed by atoms with Gasteiger partial charge in [-0.3, -0.25) is 4.79 Å². The van der Waals surface area contributed by atoms with Crippen LogP contribution in [0.5, 0.6) is 6.01 Å². The van der Waals surface area contributed by atoms with Gasteiger partial charge in [0.2, 0.25) is 0 Å². The number of ether oxygens (including phenoxy) is 1. The number of aromatic nitrogens is 5. The zero-order valence-corrected chi connectivity index (χ0v) is 16.7. The highest BCUT2D eigenvalue weighted by atomic mass is 19.4. The van der Waals surface area contributed by atoms with Gasteiger partial charge in [-0.15, -0.1) is 0 Å². The van der Waals surface area contributed by atoms with Crippen LogP contribution in [0.1, 0.15) is 11.3 Å². The molecule has 0 aliphatic heterocycles. The lowest BCUT2D eigenvalue weighted by atomic mass is 10.1. The molecule has 164 valence electrons. The quantitative estimate of drug-likeness (QED) is 0.449. The third-order valence-electron chi connectivity index (χ3n) is 4.52. The van der Waals surface area contributed by atoms with Gasteiger partial charge in [-0.25, -0.2) is 14.6 Å². The maximum absolute atomic E-state index is 12.3. The average Bonchev–Trinajstić information content (AvgIpc) is 3.14. The van der Waals surface area contributed by atoms with Crippen LogP contribution in [0.15, 0.2) is 64.2 Å². The largest absolute Gasteiger partial charge is 0.454 e. The molecule has 1 aromatic carbocycles. The number of rotatable bonds is 6. The minimum atomic E-state index is -4.49. The van der Waals surface area contributed by atoms with Gasteiger partial charge >= 0.3 is 12.2 Å². The highest BCUT2D eigenvalue weighted by Crippen LogP contribution is 2.25. The highest BCUT2D eigenvalue weighted by Gasteiger charge is 2.29. The monoisotopic (exact) mass is 443 g/mol. The van der Waals surface area contributed by atoms with Crippen molar-refractivity contribution < 1.29 is 22.4 Å². The Morgan fingerprint density at radius 2 is 1.75 bits per heavy atom. The second-order valence-electron chi connectivity index (χ2n) is 6.82. The summed E-state index contributed by atoms with van der Waals surface area (Å²) >= 11 is 0. The normalized spacial score (nSPS) is 11.5. The molecule has 0 atom stereocenters. The summed E-state index contributed by atoms with van der Waals surface area (Å²) in [6.07, 6.45) is -1.95. The van der Waals surface area contributed by atoms with E-state index >= 15 is 0 Å². The van der Waals surface area contributed by atoms with Crippen LogP contribution in [0.25, 0.3) is 22.5 Å². The van der Waals surface area contributed by atoms with Crippen molar-refractivity contribution in [2.75, 3.05) is 6.61 Å². The molecule has 0 N–H and O–H groups in total. The Kier molecular flexibility index (Phi) is 5.71. The minimum Gasteiger partial charge on any atom is -0.454 e. The van der Waals surface area contributed by atoms with E-state index < -0.39 is 18.8 Å².